The van der Waals surface area contributed by atoms with Gasteiger partial charge in [-0.15, -0.1) is 0 Å². The number of hydrogen-bond donors (Lipinski definition) is 1. The molecule has 0 fully saturated rings. The number of hydrogen-bond acceptors (Lipinski definition) is 4. The van der Waals surface area contributed by atoms with Gasteiger partial charge in [0.2, 0.25) is 0 Å². The molecule has 0 saturated carbocycles. The molecule has 0 bridgehead atoms. The van der Waals surface area contributed by atoms with E-state index in [0.717, 1.165) is 5.57 Å². The first-order chi connectivity index (χ1) is 11.1. The molecular weight excluding hydrogens is 292 g/mol. The fourth-order valence-corrected chi connectivity index (χ4v) is 2.10. The molecule has 2 rings (SSSR count). The van der Waals surface area contributed by atoms with Gasteiger partial charge in [0.1, 0.15) is 16.9 Å². The van der Waals surface area contributed by atoms with Crippen molar-refractivity contribution >= 4 is 16.8 Å². The highest BCUT2D eigenvalue weighted by atomic mass is 16.4. The normalized spacial score (nSPS) is 12.3. The van der Waals surface area contributed by atoms with Gasteiger partial charge in [-0.3, -0.25) is 4.79 Å². The fourth-order valence-electron chi connectivity index (χ4n) is 2.10. The Balaban J connectivity index is 2.48. The van der Waals surface area contributed by atoms with Crippen molar-refractivity contribution in [3.05, 3.63) is 88.9 Å². The van der Waals surface area contributed by atoms with Crippen LogP contribution in [0.15, 0.2) is 82.1 Å². The molecule has 23 heavy (non-hydrogen) atoms. The molecule has 1 N–H and O–H groups in total. The van der Waals surface area contributed by atoms with Crippen molar-refractivity contribution in [2.45, 2.75) is 6.92 Å². The number of rotatable bonds is 5. The maximum atomic E-state index is 12.3. The molecule has 0 saturated heterocycles. The summed E-state index contributed by atoms with van der Waals surface area (Å²) in [6, 6.07) is 6.49. The topological polar surface area (TPSA) is 67.5 Å². The van der Waals surface area contributed by atoms with Crippen LogP contribution in [0.1, 0.15) is 17.3 Å². The summed E-state index contributed by atoms with van der Waals surface area (Å²) < 4.78 is 5.08. The first-order valence-electron chi connectivity index (χ1n) is 7.01. The molecule has 1 aromatic heterocycles. The van der Waals surface area contributed by atoms with Gasteiger partial charge >= 0.3 is 5.63 Å². The molecule has 0 aliphatic rings. The van der Waals surface area contributed by atoms with Gasteiger partial charge in [-0.2, -0.15) is 0 Å². The van der Waals surface area contributed by atoms with Gasteiger partial charge in [-0.25, -0.2) is 4.79 Å². The molecule has 0 spiro atoms. The zero-order valence-electron chi connectivity index (χ0n) is 12.7. The van der Waals surface area contributed by atoms with Gasteiger partial charge in [-0.1, -0.05) is 49.1 Å². The van der Waals surface area contributed by atoms with E-state index < -0.39 is 11.4 Å². The van der Waals surface area contributed by atoms with Crippen molar-refractivity contribution in [3.8, 4) is 5.75 Å². The first kappa shape index (κ1) is 16.2. The van der Waals surface area contributed by atoms with E-state index in [4.69, 9.17) is 4.42 Å². The summed E-state index contributed by atoms with van der Waals surface area (Å²) >= 11 is 0. The summed E-state index contributed by atoms with van der Waals surface area (Å²) in [5.41, 5.74) is -0.272. The van der Waals surface area contributed by atoms with E-state index in [1.54, 1.807) is 42.5 Å². The van der Waals surface area contributed by atoms with E-state index in [9.17, 15) is 14.7 Å². The van der Waals surface area contributed by atoms with Crippen molar-refractivity contribution in [3.63, 3.8) is 0 Å². The molecule has 1 aromatic carbocycles. The number of aromatic hydroxyl groups is 1. The number of fused-ring (bicyclic) bond motifs is 1. The SMILES string of the molecule is C=C/C=C(\C=C/C)/C=C/C(=O)c1c(O)c2ccccc2oc1=O. The molecule has 116 valence electrons. The van der Waals surface area contributed by atoms with Crippen molar-refractivity contribution in [1.29, 1.82) is 0 Å². The Labute approximate surface area is 133 Å². The van der Waals surface area contributed by atoms with Crippen molar-refractivity contribution in [2.24, 2.45) is 0 Å². The number of para-hydroxylation sites is 1. The Bertz CT molecular complexity index is 895. The van der Waals surface area contributed by atoms with E-state index in [1.165, 1.54) is 12.2 Å². The number of carbonyl (C=O) groups excluding carboxylic acids is 1. The second-order valence-electron chi connectivity index (χ2n) is 4.71. The highest BCUT2D eigenvalue weighted by molar-refractivity contribution is 6.09. The van der Waals surface area contributed by atoms with Crippen LogP contribution in [-0.2, 0) is 0 Å². The van der Waals surface area contributed by atoms with Gasteiger partial charge in [0, 0.05) is 0 Å². The minimum atomic E-state index is -0.865. The van der Waals surface area contributed by atoms with Crippen molar-refractivity contribution < 1.29 is 14.3 Å². The van der Waals surface area contributed by atoms with Gasteiger partial charge < -0.3 is 9.52 Å². The summed E-state index contributed by atoms with van der Waals surface area (Å²) in [6.45, 7) is 5.44. The first-order valence-corrected chi connectivity index (χ1v) is 7.01. The number of allylic oxidation sites excluding steroid dienone is 7. The zero-order chi connectivity index (χ0) is 16.8. The van der Waals surface area contributed by atoms with E-state index >= 15 is 0 Å². The van der Waals surface area contributed by atoms with Crippen molar-refractivity contribution in [1.82, 2.24) is 0 Å². The van der Waals surface area contributed by atoms with Crippen LogP contribution in [0.25, 0.3) is 11.0 Å². The van der Waals surface area contributed by atoms with Gasteiger partial charge in [0.25, 0.3) is 0 Å². The number of carbonyl (C=O) groups is 1. The third kappa shape index (κ3) is 3.55. The van der Waals surface area contributed by atoms with Crippen LogP contribution < -0.4 is 5.63 Å². The van der Waals surface area contributed by atoms with Crippen LogP contribution in [0, 0.1) is 0 Å². The lowest BCUT2D eigenvalue weighted by Gasteiger charge is -2.03. The lowest BCUT2D eigenvalue weighted by atomic mass is 10.1. The predicted octanol–water partition coefficient (Wildman–Crippen LogP) is 3.93. The quantitative estimate of drug-likeness (QED) is 0.393. The van der Waals surface area contributed by atoms with Crippen molar-refractivity contribution in [2.75, 3.05) is 0 Å². The van der Waals surface area contributed by atoms with Crippen LogP contribution in [0.5, 0.6) is 5.75 Å². The molecule has 0 unspecified atom stereocenters. The Hall–Kier alpha value is -3.14. The highest BCUT2D eigenvalue weighted by Crippen LogP contribution is 2.26. The fraction of sp³-hybridized carbons (Fsp3) is 0.0526. The minimum Gasteiger partial charge on any atom is -0.506 e. The molecule has 2 aromatic rings. The molecule has 0 atom stereocenters. The summed E-state index contributed by atoms with van der Waals surface area (Å²) in [5, 5.41) is 10.5. The minimum absolute atomic E-state index is 0.233. The molecule has 4 heteroatoms. The monoisotopic (exact) mass is 308 g/mol. The van der Waals surface area contributed by atoms with E-state index in [2.05, 4.69) is 6.58 Å². The summed E-state index contributed by atoms with van der Waals surface area (Å²) in [6.07, 6.45) is 9.66. The summed E-state index contributed by atoms with van der Waals surface area (Å²) in [5.74, 6) is -0.992. The zero-order valence-corrected chi connectivity index (χ0v) is 12.7. The van der Waals surface area contributed by atoms with Gasteiger partial charge in [0.05, 0.1) is 5.39 Å². The van der Waals surface area contributed by atoms with Gasteiger partial charge in [-0.05, 0) is 30.7 Å². The van der Waals surface area contributed by atoms with Crippen LogP contribution in [0.2, 0.25) is 0 Å². The van der Waals surface area contributed by atoms with E-state index in [0.29, 0.717) is 5.39 Å². The smallest absolute Gasteiger partial charge is 0.351 e. The highest BCUT2D eigenvalue weighted by Gasteiger charge is 2.18. The lowest BCUT2D eigenvalue weighted by molar-refractivity contribution is 0.104. The maximum absolute atomic E-state index is 12.3. The summed E-state index contributed by atoms with van der Waals surface area (Å²) in [7, 11) is 0. The van der Waals surface area contributed by atoms with Crippen LogP contribution >= 0.6 is 0 Å². The Morgan fingerprint density at radius 1 is 1.22 bits per heavy atom. The molecule has 0 radical (unpaired) electrons. The molecular formula is C19H16O4. The Morgan fingerprint density at radius 3 is 2.65 bits per heavy atom. The Morgan fingerprint density at radius 2 is 1.96 bits per heavy atom. The standard InChI is InChI=1S/C19H16O4/c1-3-7-13(8-4-2)11-12-15(20)17-18(21)14-9-5-6-10-16(14)23-19(17)22/h3-12,21H,1H2,2H3/b8-4-,12-11+,13-7+. The molecule has 0 aliphatic carbocycles. The number of ketones is 1. The maximum Gasteiger partial charge on any atom is 0.351 e. The van der Waals surface area contributed by atoms with Crippen LogP contribution in [0.4, 0.5) is 0 Å². The molecule has 4 nitrogen and oxygen atoms in total. The second-order valence-corrected chi connectivity index (χ2v) is 4.71. The number of benzene rings is 1. The van der Waals surface area contributed by atoms with Crippen LogP contribution in [0.3, 0.4) is 0 Å². The molecule has 0 amide bonds. The lowest BCUT2D eigenvalue weighted by Crippen LogP contribution is -2.12. The van der Waals surface area contributed by atoms with Crippen LogP contribution in [-0.4, -0.2) is 10.9 Å². The third-order valence-electron chi connectivity index (χ3n) is 3.13. The van der Waals surface area contributed by atoms with E-state index in [-0.39, 0.29) is 16.9 Å². The average Bonchev–Trinajstić information content (AvgIpc) is 2.53. The molecule has 0 aliphatic heterocycles. The largest absolute Gasteiger partial charge is 0.506 e. The Kier molecular flexibility index (Phi) is 5.10. The third-order valence-corrected chi connectivity index (χ3v) is 3.13. The second kappa shape index (κ2) is 7.22. The molecule has 1 heterocycles. The van der Waals surface area contributed by atoms with E-state index in [1.807, 2.05) is 13.0 Å². The average molecular weight is 308 g/mol. The summed E-state index contributed by atoms with van der Waals surface area (Å²) in [4.78, 5) is 24.2. The van der Waals surface area contributed by atoms with Gasteiger partial charge in [0.15, 0.2) is 5.78 Å². The predicted molar refractivity (Wildman–Crippen MR) is 90.7 cm³/mol.